The molecule has 1 saturated carbocycles. The minimum atomic E-state index is -0.303. The molecule has 2 atom stereocenters. The number of ether oxygens (including phenoxy) is 1. The summed E-state index contributed by atoms with van der Waals surface area (Å²) in [5.74, 6) is 0.525. The topological polar surface area (TPSA) is 34.1 Å². The van der Waals surface area contributed by atoms with Gasteiger partial charge in [0.2, 0.25) is 0 Å². The summed E-state index contributed by atoms with van der Waals surface area (Å²) < 4.78 is 19.1. The van der Waals surface area contributed by atoms with Gasteiger partial charge in [-0.3, -0.25) is 4.98 Å². The third kappa shape index (κ3) is 2.72. The Morgan fingerprint density at radius 3 is 2.65 bits per heavy atom. The molecule has 3 nitrogen and oxygen atoms in total. The van der Waals surface area contributed by atoms with Gasteiger partial charge in [-0.25, -0.2) is 4.39 Å². The van der Waals surface area contributed by atoms with Crippen LogP contribution in [0, 0.1) is 11.7 Å². The van der Waals surface area contributed by atoms with Crippen LogP contribution >= 0.6 is 0 Å². The van der Waals surface area contributed by atoms with E-state index >= 15 is 0 Å². The van der Waals surface area contributed by atoms with Crippen molar-refractivity contribution in [1.82, 2.24) is 10.3 Å². The van der Waals surface area contributed by atoms with Crippen molar-refractivity contribution in [2.45, 2.75) is 57.2 Å². The van der Waals surface area contributed by atoms with Crippen molar-refractivity contribution in [3.8, 4) is 0 Å². The lowest BCUT2D eigenvalue weighted by Gasteiger charge is -2.47. The van der Waals surface area contributed by atoms with Crippen LogP contribution in [0.1, 0.15) is 51.3 Å². The molecule has 0 aromatic carbocycles. The monoisotopic (exact) mass is 278 g/mol. The van der Waals surface area contributed by atoms with E-state index in [4.69, 9.17) is 4.74 Å². The summed E-state index contributed by atoms with van der Waals surface area (Å²) in [5, 5.41) is 3.76. The third-order valence-corrected chi connectivity index (χ3v) is 4.80. The van der Waals surface area contributed by atoms with Gasteiger partial charge in [0.15, 0.2) is 0 Å². The Hall–Kier alpha value is -1.00. The molecule has 0 amide bonds. The molecule has 1 spiro atoms. The van der Waals surface area contributed by atoms with Crippen molar-refractivity contribution in [3.05, 3.63) is 29.8 Å². The molecule has 1 aliphatic heterocycles. The molecule has 2 aliphatic rings. The number of hydrogen-bond donors (Lipinski definition) is 1. The van der Waals surface area contributed by atoms with Gasteiger partial charge in [-0.1, -0.05) is 6.92 Å². The first kappa shape index (κ1) is 14.0. The summed E-state index contributed by atoms with van der Waals surface area (Å²) in [5.41, 5.74) is 0.952. The van der Waals surface area contributed by atoms with Gasteiger partial charge in [0.1, 0.15) is 11.9 Å². The van der Waals surface area contributed by atoms with Crippen LogP contribution in [0.5, 0.6) is 0 Å². The maximum Gasteiger partial charge on any atom is 0.141 e. The molecule has 1 aliphatic carbocycles. The van der Waals surface area contributed by atoms with Crippen LogP contribution in [-0.2, 0) is 4.74 Å². The quantitative estimate of drug-likeness (QED) is 0.856. The van der Waals surface area contributed by atoms with Gasteiger partial charge >= 0.3 is 0 Å². The van der Waals surface area contributed by atoms with Crippen LogP contribution in [-0.4, -0.2) is 23.2 Å². The number of hydrogen-bond acceptors (Lipinski definition) is 3. The maximum atomic E-state index is 13.0. The molecule has 1 aromatic rings. The molecule has 2 unspecified atom stereocenters. The Morgan fingerprint density at radius 1 is 1.30 bits per heavy atom. The molecule has 1 N–H and O–H groups in total. The number of nitrogens with one attached hydrogen (secondary N) is 1. The minimum absolute atomic E-state index is 0.0828. The second kappa shape index (κ2) is 5.41. The Labute approximate surface area is 119 Å². The molecule has 110 valence electrons. The number of nitrogens with zero attached hydrogens (tertiary/aromatic N) is 1. The SMILES string of the molecule is CC1CCC2(CC1)COC(c1ccc(F)cn1)C(C)N2. The van der Waals surface area contributed by atoms with Gasteiger partial charge < -0.3 is 10.1 Å². The largest absolute Gasteiger partial charge is 0.368 e. The van der Waals surface area contributed by atoms with Crippen LogP contribution in [0.4, 0.5) is 4.39 Å². The van der Waals surface area contributed by atoms with Crippen LogP contribution in [0.2, 0.25) is 0 Å². The fourth-order valence-electron chi connectivity index (χ4n) is 3.49. The summed E-state index contributed by atoms with van der Waals surface area (Å²) in [6.45, 7) is 5.19. The maximum absolute atomic E-state index is 13.0. The van der Waals surface area contributed by atoms with Crippen molar-refractivity contribution in [2.75, 3.05) is 6.61 Å². The minimum Gasteiger partial charge on any atom is -0.368 e. The average molecular weight is 278 g/mol. The number of rotatable bonds is 1. The smallest absolute Gasteiger partial charge is 0.141 e. The zero-order valence-electron chi connectivity index (χ0n) is 12.2. The zero-order valence-corrected chi connectivity index (χ0v) is 12.2. The van der Waals surface area contributed by atoms with Crippen molar-refractivity contribution < 1.29 is 9.13 Å². The van der Waals surface area contributed by atoms with Crippen LogP contribution < -0.4 is 5.32 Å². The van der Waals surface area contributed by atoms with E-state index in [0.29, 0.717) is 0 Å². The predicted octanol–water partition coefficient (Wildman–Crippen LogP) is 3.22. The summed E-state index contributed by atoms with van der Waals surface area (Å²) in [6, 6.07) is 3.37. The van der Waals surface area contributed by atoms with Crippen molar-refractivity contribution >= 4 is 0 Å². The van der Waals surface area contributed by atoms with E-state index in [1.54, 1.807) is 6.07 Å². The van der Waals surface area contributed by atoms with Crippen molar-refractivity contribution in [3.63, 3.8) is 0 Å². The Balaban J connectivity index is 1.69. The molecule has 2 heterocycles. The fraction of sp³-hybridized carbons (Fsp3) is 0.688. The molecule has 1 aromatic heterocycles. The first-order chi connectivity index (χ1) is 9.58. The van der Waals surface area contributed by atoms with Gasteiger partial charge in [-0.15, -0.1) is 0 Å². The van der Waals surface area contributed by atoms with E-state index in [1.807, 2.05) is 0 Å². The lowest BCUT2D eigenvalue weighted by molar-refractivity contribution is -0.0763. The van der Waals surface area contributed by atoms with Crippen LogP contribution in [0.25, 0.3) is 0 Å². The molecular weight excluding hydrogens is 255 g/mol. The molecule has 20 heavy (non-hydrogen) atoms. The first-order valence-corrected chi connectivity index (χ1v) is 7.59. The Bertz CT molecular complexity index is 454. The number of aromatic nitrogens is 1. The van der Waals surface area contributed by atoms with Crippen molar-refractivity contribution in [2.24, 2.45) is 5.92 Å². The Morgan fingerprint density at radius 2 is 2.05 bits per heavy atom. The highest BCUT2D eigenvalue weighted by Crippen LogP contribution is 2.37. The van der Waals surface area contributed by atoms with Crippen molar-refractivity contribution in [1.29, 1.82) is 0 Å². The average Bonchev–Trinajstić information content (AvgIpc) is 2.44. The molecule has 4 heteroatoms. The van der Waals surface area contributed by atoms with Gasteiger partial charge in [-0.2, -0.15) is 0 Å². The summed E-state index contributed by atoms with van der Waals surface area (Å²) in [6.07, 6.45) is 6.08. The normalized spacial score (nSPS) is 38.0. The highest BCUT2D eigenvalue weighted by atomic mass is 19.1. The highest BCUT2D eigenvalue weighted by Gasteiger charge is 2.41. The summed E-state index contributed by atoms with van der Waals surface area (Å²) >= 11 is 0. The van der Waals surface area contributed by atoms with E-state index in [-0.39, 0.29) is 23.5 Å². The van der Waals surface area contributed by atoms with Crippen LogP contribution in [0.3, 0.4) is 0 Å². The fourth-order valence-corrected chi connectivity index (χ4v) is 3.49. The van der Waals surface area contributed by atoms with E-state index in [9.17, 15) is 4.39 Å². The predicted molar refractivity (Wildman–Crippen MR) is 75.8 cm³/mol. The standard InChI is InChI=1S/C16H23FN2O/c1-11-5-7-16(8-6-11)10-20-15(12(2)19-16)14-4-3-13(17)9-18-14/h3-4,9,11-12,15,19H,5-8,10H2,1-2H3. The van der Waals surface area contributed by atoms with E-state index in [1.165, 1.54) is 37.9 Å². The lowest BCUT2D eigenvalue weighted by Crippen LogP contribution is -2.60. The molecule has 1 saturated heterocycles. The molecular formula is C16H23FN2O. The van der Waals surface area contributed by atoms with E-state index in [0.717, 1.165) is 18.2 Å². The summed E-state index contributed by atoms with van der Waals surface area (Å²) in [7, 11) is 0. The third-order valence-electron chi connectivity index (χ3n) is 4.80. The zero-order chi connectivity index (χ0) is 14.2. The molecule has 2 fully saturated rings. The number of pyridine rings is 1. The first-order valence-electron chi connectivity index (χ1n) is 7.59. The molecule has 3 rings (SSSR count). The van der Waals surface area contributed by atoms with Gasteiger partial charge in [0.25, 0.3) is 0 Å². The number of halogens is 1. The molecule has 0 radical (unpaired) electrons. The lowest BCUT2D eigenvalue weighted by atomic mass is 9.76. The summed E-state index contributed by atoms with van der Waals surface area (Å²) in [4.78, 5) is 4.16. The second-order valence-electron chi connectivity index (χ2n) is 6.53. The molecule has 0 bridgehead atoms. The number of morpholine rings is 1. The van der Waals surface area contributed by atoms with E-state index < -0.39 is 0 Å². The van der Waals surface area contributed by atoms with Crippen LogP contribution in [0.15, 0.2) is 18.3 Å². The second-order valence-corrected chi connectivity index (χ2v) is 6.53. The Kier molecular flexibility index (Phi) is 3.78. The highest BCUT2D eigenvalue weighted by molar-refractivity contribution is 5.12. The van der Waals surface area contributed by atoms with Gasteiger partial charge in [-0.05, 0) is 50.7 Å². The van der Waals surface area contributed by atoms with E-state index in [2.05, 4.69) is 24.1 Å². The van der Waals surface area contributed by atoms with Gasteiger partial charge in [0.05, 0.1) is 18.5 Å². The van der Waals surface area contributed by atoms with Gasteiger partial charge in [0, 0.05) is 11.6 Å².